The zero-order valence-corrected chi connectivity index (χ0v) is 45.5. The standard InChI is InChI=1S/C14H24N4.2C7H17N.C5H13N.2C3H7N.CH2O2.CH2O.4ClH.Na.H2O/c1-13(2,11-7-5-9-15-11)17-18-14(3,4)12-8-6-10-16-12;2*1-5-7(2)6-8(3)4;1-3-5(2)4-6;2*1-2-3-4;2-1-3;1-2;;;;;;/h5-10H2,1-4H3;2*7H,5-6H2,1-4H3;5H,3-4,6H2,1-2H3;2*2H,1,3-4H2;1H,(H,2,3);1H2;4*1H;;1H2/q;;;;;;;;;;;;+1;/p-1. The van der Waals surface area contributed by atoms with E-state index in [-0.39, 0.29) is 102 Å². The number of nitrogens with zero attached hydrogens (tertiary/aromatic N) is 5. The van der Waals surface area contributed by atoms with Crippen LogP contribution in [0.25, 0.3) is 0 Å². The summed E-state index contributed by atoms with van der Waals surface area (Å²) in [6.45, 7) is 37.3. The Bertz CT molecular complexity index is 871. The molecule has 59 heavy (non-hydrogen) atoms. The van der Waals surface area contributed by atoms with Crippen LogP contribution in [0, 0.1) is 17.8 Å². The average molecular weight is 942 g/mol. The van der Waals surface area contributed by atoms with E-state index in [4.69, 9.17) is 20.4 Å². The Hall–Kier alpha value is -0.520. The smallest absolute Gasteiger partial charge is 1.00 e. The Balaban J connectivity index is -0.0000000467. The van der Waals surface area contributed by atoms with Gasteiger partial charge in [0.15, 0.2) is 0 Å². The van der Waals surface area contributed by atoms with Gasteiger partial charge in [-0.15, -0.1) is 19.0 Å². The van der Waals surface area contributed by atoms with Gasteiger partial charge in [-0.3, -0.25) is 14.8 Å². The molecule has 356 valence electrons. The molecule has 11 N–H and O–H groups in total. The maximum absolute atomic E-state index is 8.36. The fourth-order valence-corrected chi connectivity index (χ4v) is 4.24. The van der Waals surface area contributed by atoms with Crippen molar-refractivity contribution in [3.05, 3.63) is 25.3 Å². The van der Waals surface area contributed by atoms with Crippen molar-refractivity contribution < 1.29 is 103 Å². The zero-order valence-electron chi connectivity index (χ0n) is 40.5. The monoisotopic (exact) mass is 940 g/mol. The minimum atomic E-state index is -0.257. The van der Waals surface area contributed by atoms with Crippen LogP contribution in [0.2, 0.25) is 0 Å². The number of carbonyl (C=O) groups excluding carboxylic acids is 1. The van der Waals surface area contributed by atoms with E-state index >= 15 is 0 Å². The van der Waals surface area contributed by atoms with Gasteiger partial charge in [-0.05, 0) is 92.3 Å². The number of halogens is 4. The summed E-state index contributed by atoms with van der Waals surface area (Å²) in [5.41, 5.74) is 14.0. The molecule has 2 rings (SSSR count). The normalized spacial score (nSPS) is 13.1. The van der Waals surface area contributed by atoms with Crippen LogP contribution in [0.15, 0.2) is 45.5 Å². The first-order valence-corrected chi connectivity index (χ1v) is 19.6. The molecule has 0 saturated carbocycles. The topological polar surface area (TPSA) is 223 Å². The Labute approximate surface area is 410 Å². The van der Waals surface area contributed by atoms with Crippen LogP contribution < -0.4 is 88.9 Å². The molecule has 2 aliphatic rings. The molecule has 0 aromatic heterocycles. The molecule has 0 aliphatic carbocycles. The van der Waals surface area contributed by atoms with E-state index in [1.165, 1.54) is 43.8 Å². The number of carbonyl (C=O) groups is 2. The summed E-state index contributed by atoms with van der Waals surface area (Å²) in [4.78, 5) is 29.2. The molecule has 0 aromatic rings. The number of rotatable bonds is 14. The molecule has 3 unspecified atom stereocenters. The van der Waals surface area contributed by atoms with Gasteiger partial charge in [-0.1, -0.05) is 60.6 Å². The van der Waals surface area contributed by atoms with Crippen LogP contribution in [0.3, 0.4) is 0 Å². The van der Waals surface area contributed by atoms with E-state index in [0.29, 0.717) is 6.54 Å². The average Bonchev–Trinajstić information content (AvgIpc) is 3.89. The summed E-state index contributed by atoms with van der Waals surface area (Å²) in [5.74, 6) is 2.56. The third-order valence-electron chi connectivity index (χ3n) is 8.10. The molecule has 18 heteroatoms. The number of azo groups is 1. The van der Waals surface area contributed by atoms with Crippen molar-refractivity contribution in [2.24, 2.45) is 43.7 Å². The van der Waals surface area contributed by atoms with Crippen molar-refractivity contribution >= 4 is 37.1 Å². The SMILES string of the molecule is C=CCN.C=CC[NH3+].C=O.CC(C)(N=NC(C)(C)C1=NCCC1)C1=NCCC1.CCC(C)CN(C)C.CCC(C)C[NH+](C)C.CCC(C)C[NH3+].Cl.O=CO.[Cl-].[Cl-].[Cl-].[Na+].[OH-]. The number of hydrogen-bond donors (Lipinski definition) is 5. The molecule has 13 nitrogen and oxygen atoms in total. The van der Waals surface area contributed by atoms with Crippen LogP contribution in [-0.4, -0.2) is 125 Å². The summed E-state index contributed by atoms with van der Waals surface area (Å²) in [5, 5.41) is 16.0. The van der Waals surface area contributed by atoms with E-state index in [1.54, 1.807) is 17.1 Å². The van der Waals surface area contributed by atoms with Gasteiger partial charge >= 0.3 is 29.6 Å². The van der Waals surface area contributed by atoms with Gasteiger partial charge in [0.2, 0.25) is 0 Å². The quantitative estimate of drug-likeness (QED) is 0.0493. The summed E-state index contributed by atoms with van der Waals surface area (Å²) in [6.07, 6.45) is 11.7. The van der Waals surface area contributed by atoms with Gasteiger partial charge in [0.25, 0.3) is 6.47 Å². The molecule has 0 spiro atoms. The molecule has 0 amide bonds. The Morgan fingerprint density at radius 3 is 1.25 bits per heavy atom. The minimum absolute atomic E-state index is 0. The molecule has 3 atom stereocenters. The summed E-state index contributed by atoms with van der Waals surface area (Å²) >= 11 is 0. The van der Waals surface area contributed by atoms with Crippen LogP contribution in [0.1, 0.15) is 114 Å². The van der Waals surface area contributed by atoms with E-state index in [2.05, 4.69) is 147 Å². The molecular formula is C41H94Cl4N9NaO4. The van der Waals surface area contributed by atoms with Gasteiger partial charge in [-0.2, -0.15) is 10.2 Å². The Morgan fingerprint density at radius 1 is 0.831 bits per heavy atom. The van der Waals surface area contributed by atoms with E-state index in [0.717, 1.165) is 69.6 Å². The van der Waals surface area contributed by atoms with E-state index < -0.39 is 0 Å². The first kappa shape index (κ1) is 89.4. The third-order valence-corrected chi connectivity index (χ3v) is 8.10. The van der Waals surface area contributed by atoms with Crippen molar-refractivity contribution in [1.82, 2.24) is 4.90 Å². The number of quaternary nitrogens is 3. The number of aliphatic imine (C=N–C) groups is 2. The second kappa shape index (κ2) is 64.1. The van der Waals surface area contributed by atoms with Crippen molar-refractivity contribution in [2.45, 2.75) is 125 Å². The molecule has 2 heterocycles. The molecular weight excluding hydrogens is 847 g/mol. The summed E-state index contributed by atoms with van der Waals surface area (Å²) in [6, 6.07) is 0. The van der Waals surface area contributed by atoms with Gasteiger partial charge in [0.1, 0.15) is 17.9 Å². The molecule has 2 aliphatic heterocycles. The first-order valence-electron chi connectivity index (χ1n) is 19.6. The molecule has 0 aromatic carbocycles. The predicted octanol–water partition coefficient (Wildman–Crippen LogP) is -7.17. The molecule has 0 fully saturated rings. The number of carboxylic acid groups (broad SMARTS) is 1. The van der Waals surface area contributed by atoms with Crippen LogP contribution in [0.4, 0.5) is 0 Å². The van der Waals surface area contributed by atoms with Crippen LogP contribution in [0.5, 0.6) is 0 Å². The summed E-state index contributed by atoms with van der Waals surface area (Å²) < 4.78 is 0. The molecule has 0 radical (unpaired) electrons. The minimum Gasteiger partial charge on any atom is -1.00 e. The fraction of sp³-hybridized carbons (Fsp3) is 0.805. The van der Waals surface area contributed by atoms with Gasteiger partial charge in [-0.25, -0.2) is 0 Å². The van der Waals surface area contributed by atoms with Gasteiger partial charge < -0.3 is 79.6 Å². The maximum Gasteiger partial charge on any atom is 1.00 e. The zero-order chi connectivity index (χ0) is 42.9. The predicted molar refractivity (Wildman–Crippen MR) is 241 cm³/mol. The van der Waals surface area contributed by atoms with E-state index in [9.17, 15) is 0 Å². The van der Waals surface area contributed by atoms with Gasteiger partial charge in [0.05, 0.1) is 33.7 Å². The Morgan fingerprint density at radius 2 is 1.14 bits per heavy atom. The molecule has 0 saturated heterocycles. The second-order valence-electron chi connectivity index (χ2n) is 14.9. The number of nitrogens with two attached hydrogens (primary N) is 1. The van der Waals surface area contributed by atoms with Crippen LogP contribution in [-0.2, 0) is 9.59 Å². The Kier molecular flexibility index (Phi) is 97.2. The third kappa shape index (κ3) is 69.4. The largest absolute Gasteiger partial charge is 1.00 e. The van der Waals surface area contributed by atoms with Crippen molar-refractivity contribution in [2.75, 3.05) is 74.0 Å². The van der Waals surface area contributed by atoms with Gasteiger partial charge in [0, 0.05) is 49.4 Å². The second-order valence-corrected chi connectivity index (χ2v) is 14.9. The molecule has 0 bridgehead atoms. The van der Waals surface area contributed by atoms with Crippen molar-refractivity contribution in [3.8, 4) is 0 Å². The maximum atomic E-state index is 8.36. The van der Waals surface area contributed by atoms with Crippen LogP contribution >= 0.6 is 12.4 Å². The number of nitrogens with one attached hydrogen (secondary N) is 1. The van der Waals surface area contributed by atoms with E-state index in [1.807, 2.05) is 6.79 Å². The first-order chi connectivity index (χ1) is 24.8. The van der Waals surface area contributed by atoms with Crippen molar-refractivity contribution in [3.63, 3.8) is 0 Å². The fourth-order valence-electron chi connectivity index (χ4n) is 4.24. The summed E-state index contributed by atoms with van der Waals surface area (Å²) in [7, 11) is 8.64. The number of hydrogen-bond acceptors (Lipinski definition) is 9. The van der Waals surface area contributed by atoms with Crippen molar-refractivity contribution in [1.29, 1.82) is 0 Å².